The lowest BCUT2D eigenvalue weighted by molar-refractivity contribution is 0.0215. The molecular formula is C34H49N7O4S. The highest BCUT2D eigenvalue weighted by Crippen LogP contribution is 2.38. The number of carbonyl (C=O) groups is 2. The molecule has 2 aliphatic rings. The first kappa shape index (κ1) is 34.9. The average molecular weight is 652 g/mol. The fourth-order valence-electron chi connectivity index (χ4n) is 5.23. The van der Waals surface area contributed by atoms with Gasteiger partial charge < -0.3 is 19.7 Å². The lowest BCUT2D eigenvalue weighted by Gasteiger charge is -2.29. The van der Waals surface area contributed by atoms with Gasteiger partial charge in [-0.1, -0.05) is 13.8 Å². The Morgan fingerprint density at radius 1 is 0.957 bits per heavy atom. The van der Waals surface area contributed by atoms with Gasteiger partial charge in [0.25, 0.3) is 0 Å². The van der Waals surface area contributed by atoms with Crippen LogP contribution in [0.4, 0.5) is 26.9 Å². The van der Waals surface area contributed by atoms with Crippen LogP contribution in [-0.4, -0.2) is 67.5 Å². The Bertz CT molecular complexity index is 1680. The molecule has 6 rings (SSSR count). The van der Waals surface area contributed by atoms with Crippen LogP contribution in [0.1, 0.15) is 90.8 Å². The molecule has 0 atom stereocenters. The van der Waals surface area contributed by atoms with Gasteiger partial charge in [0.05, 0.1) is 27.1 Å². The molecule has 0 bridgehead atoms. The van der Waals surface area contributed by atoms with Crippen LogP contribution in [0, 0.1) is 13.8 Å². The highest BCUT2D eigenvalue weighted by molar-refractivity contribution is 7.18. The lowest BCUT2D eigenvalue weighted by atomic mass is 10.1. The van der Waals surface area contributed by atoms with E-state index in [9.17, 15) is 9.59 Å². The van der Waals surface area contributed by atoms with Crippen molar-refractivity contribution in [3.63, 3.8) is 0 Å². The van der Waals surface area contributed by atoms with Crippen LogP contribution >= 0.6 is 11.3 Å². The normalized spacial score (nSPS) is 14.4. The van der Waals surface area contributed by atoms with Crippen LogP contribution in [-0.2, 0) is 15.9 Å². The molecule has 1 aromatic carbocycles. The number of aromatic nitrogens is 4. The minimum Gasteiger partial charge on any atom is -0.444 e. The summed E-state index contributed by atoms with van der Waals surface area (Å²) in [7, 11) is 0. The summed E-state index contributed by atoms with van der Waals surface area (Å²) >= 11 is 1.60. The van der Waals surface area contributed by atoms with E-state index in [0.29, 0.717) is 17.2 Å². The van der Waals surface area contributed by atoms with Gasteiger partial charge in [-0.15, -0.1) is 11.3 Å². The smallest absolute Gasteiger partial charge is 0.420 e. The third-order valence-corrected chi connectivity index (χ3v) is 8.03. The number of rotatable bonds is 2. The summed E-state index contributed by atoms with van der Waals surface area (Å²) in [5, 5.41) is 8.87. The average Bonchev–Trinajstić information content (AvgIpc) is 3.71. The van der Waals surface area contributed by atoms with Gasteiger partial charge in [0.2, 0.25) is 0 Å². The maximum Gasteiger partial charge on any atom is 0.420 e. The van der Waals surface area contributed by atoms with Gasteiger partial charge in [0.15, 0.2) is 11.5 Å². The fourth-order valence-corrected chi connectivity index (χ4v) is 6.09. The van der Waals surface area contributed by atoms with E-state index in [1.54, 1.807) is 31.8 Å². The number of amides is 2. The molecule has 11 nitrogen and oxygen atoms in total. The van der Waals surface area contributed by atoms with Gasteiger partial charge >= 0.3 is 12.2 Å². The van der Waals surface area contributed by atoms with Gasteiger partial charge in [0, 0.05) is 30.8 Å². The van der Waals surface area contributed by atoms with Crippen LogP contribution in [0.3, 0.4) is 0 Å². The molecule has 2 aliphatic heterocycles. The topological polar surface area (TPSA) is 114 Å². The molecule has 1 N–H and O–H groups in total. The Labute approximate surface area is 276 Å². The van der Waals surface area contributed by atoms with Crippen molar-refractivity contribution >= 4 is 56.7 Å². The van der Waals surface area contributed by atoms with Gasteiger partial charge in [-0.3, -0.25) is 0 Å². The number of nitrogens with one attached hydrogen (secondary N) is 1. The van der Waals surface area contributed by atoms with Crippen molar-refractivity contribution in [3.8, 4) is 0 Å². The van der Waals surface area contributed by atoms with Gasteiger partial charge in [0.1, 0.15) is 17.0 Å². The number of aryl methyl sites for hydroxylation is 2. The predicted octanol–water partition coefficient (Wildman–Crippen LogP) is 8.43. The molecule has 46 heavy (non-hydrogen) atoms. The third kappa shape index (κ3) is 8.26. The second-order valence-electron chi connectivity index (χ2n) is 13.2. The Kier molecular flexibility index (Phi) is 10.8. The van der Waals surface area contributed by atoms with E-state index in [2.05, 4.69) is 15.4 Å². The van der Waals surface area contributed by atoms with Crippen LogP contribution in [0.25, 0.3) is 15.9 Å². The van der Waals surface area contributed by atoms with Crippen molar-refractivity contribution in [1.29, 1.82) is 0 Å². The molecule has 0 spiro atoms. The zero-order valence-electron chi connectivity index (χ0n) is 29.0. The summed E-state index contributed by atoms with van der Waals surface area (Å²) in [5.41, 5.74) is 3.21. The molecule has 0 saturated carbocycles. The molecule has 0 radical (unpaired) electrons. The minimum atomic E-state index is -0.645. The summed E-state index contributed by atoms with van der Waals surface area (Å²) in [5.74, 6) is 1.45. The molecule has 1 fully saturated rings. The van der Waals surface area contributed by atoms with Gasteiger partial charge in [-0.05, 0) is 99.3 Å². The number of benzene rings is 1. The minimum absolute atomic E-state index is 0.160. The number of likely N-dealkylation sites (tertiary alicyclic amines) is 1. The summed E-state index contributed by atoms with van der Waals surface area (Å²) in [6, 6.07) is 5.83. The molecule has 3 aromatic heterocycles. The van der Waals surface area contributed by atoms with E-state index in [-0.39, 0.29) is 11.7 Å². The number of fused-ring (bicyclic) bond motifs is 3. The number of carbonyl (C=O) groups excluding carboxylic acids is 2. The molecular weight excluding hydrogens is 602 g/mol. The molecule has 1 saturated heterocycles. The standard InChI is InChI=1S/C22H24N6O2S.C10H19NO2.C2H6/c1-12-11-24-28-19(12)26-18-15(8-9-23-18)20(28)27(21(29)30-22(3,4)5)14-6-7-16-17(10-14)31-13(2)25-16;1-10(2,3)13-9(12)11-7-5-4-6-8-11;1-2/h6-7,10-11H,8-9H2,1-5H3,(H,23,26);4-8H2,1-3H3;1-2H3. The zero-order valence-corrected chi connectivity index (χ0v) is 29.8. The van der Waals surface area contributed by atoms with E-state index in [4.69, 9.17) is 14.5 Å². The van der Waals surface area contributed by atoms with Crippen LogP contribution in [0.5, 0.6) is 0 Å². The maximum absolute atomic E-state index is 13.6. The molecule has 0 aliphatic carbocycles. The highest BCUT2D eigenvalue weighted by Gasteiger charge is 2.33. The monoisotopic (exact) mass is 651 g/mol. The van der Waals surface area contributed by atoms with E-state index in [1.807, 2.05) is 87.4 Å². The predicted molar refractivity (Wildman–Crippen MR) is 186 cm³/mol. The number of anilines is 3. The first-order valence-electron chi connectivity index (χ1n) is 16.2. The molecule has 12 heteroatoms. The van der Waals surface area contributed by atoms with E-state index in [0.717, 1.165) is 71.1 Å². The van der Waals surface area contributed by atoms with Crippen molar-refractivity contribution in [2.24, 2.45) is 0 Å². The summed E-state index contributed by atoms with van der Waals surface area (Å²) < 4.78 is 13.9. The number of nitrogens with zero attached hydrogens (tertiary/aromatic N) is 6. The summed E-state index contributed by atoms with van der Waals surface area (Å²) in [6.45, 7) is 21.7. The molecule has 4 aromatic rings. The first-order chi connectivity index (χ1) is 21.7. The number of hydrogen-bond acceptors (Lipinski definition) is 9. The fraction of sp³-hybridized carbons (Fsp3) is 0.559. The summed E-state index contributed by atoms with van der Waals surface area (Å²) in [6.07, 6.45) is 5.35. The van der Waals surface area contributed by atoms with E-state index >= 15 is 0 Å². The van der Waals surface area contributed by atoms with Crippen molar-refractivity contribution in [2.45, 2.75) is 106 Å². The van der Waals surface area contributed by atoms with E-state index in [1.165, 1.54) is 6.42 Å². The Balaban J connectivity index is 0.000000269. The molecule has 250 valence electrons. The Hall–Kier alpha value is -3.93. The second-order valence-corrected chi connectivity index (χ2v) is 14.5. The first-order valence-corrected chi connectivity index (χ1v) is 17.0. The van der Waals surface area contributed by atoms with Crippen molar-refractivity contribution in [2.75, 3.05) is 29.9 Å². The summed E-state index contributed by atoms with van der Waals surface area (Å²) in [4.78, 5) is 37.8. The molecule has 5 heterocycles. The van der Waals surface area contributed by atoms with Crippen LogP contribution in [0.15, 0.2) is 24.4 Å². The van der Waals surface area contributed by atoms with Gasteiger partial charge in [-0.2, -0.15) is 9.61 Å². The second kappa shape index (κ2) is 14.2. The number of hydrogen-bond donors (Lipinski definition) is 1. The lowest BCUT2D eigenvalue weighted by Crippen LogP contribution is -2.39. The Morgan fingerprint density at radius 2 is 1.63 bits per heavy atom. The Morgan fingerprint density at radius 3 is 2.28 bits per heavy atom. The SMILES string of the molecule is CC.CC(C)(C)OC(=O)N1CCCCC1.Cc1nc2ccc(N(C(=O)OC(C)(C)C)c3c4c(nc5c(C)cnn35)NCC4)cc2s1. The quantitative estimate of drug-likeness (QED) is 0.230. The van der Waals surface area contributed by atoms with Crippen LogP contribution < -0.4 is 10.2 Å². The maximum atomic E-state index is 13.6. The van der Waals surface area contributed by atoms with Crippen LogP contribution in [0.2, 0.25) is 0 Å². The zero-order chi connectivity index (χ0) is 33.8. The number of thiazole rings is 1. The number of piperidine rings is 1. The van der Waals surface area contributed by atoms with Crippen molar-refractivity contribution in [3.05, 3.63) is 40.5 Å². The third-order valence-electron chi connectivity index (χ3n) is 7.09. The number of ether oxygens (including phenoxy) is 2. The largest absolute Gasteiger partial charge is 0.444 e. The van der Waals surface area contributed by atoms with Crippen molar-refractivity contribution in [1.82, 2.24) is 24.5 Å². The highest BCUT2D eigenvalue weighted by atomic mass is 32.1. The van der Waals surface area contributed by atoms with E-state index < -0.39 is 11.7 Å². The molecule has 0 unspecified atom stereocenters. The molecule has 2 amide bonds. The van der Waals surface area contributed by atoms with Crippen molar-refractivity contribution < 1.29 is 19.1 Å². The van der Waals surface area contributed by atoms with Gasteiger partial charge in [-0.25, -0.2) is 24.5 Å².